The monoisotopic (exact) mass is 645 g/mol. The summed E-state index contributed by atoms with van der Waals surface area (Å²) in [5.74, 6) is 1.53. The van der Waals surface area contributed by atoms with Crippen molar-refractivity contribution < 1.29 is 0 Å². The summed E-state index contributed by atoms with van der Waals surface area (Å²) in [5.41, 5.74) is 8.53. The normalized spacial score (nSPS) is 10.8. The van der Waals surface area contributed by atoms with Crippen molar-refractivity contribution in [1.82, 2.24) is 24.9 Å². The van der Waals surface area contributed by atoms with Gasteiger partial charge in [-0.15, -0.1) is 0 Å². The SMILES string of the molecule is c1ccc(N(c2ccccc2)c2ccc(N(c3ccccc3)c3ccc(-c4nc(-c5ccccn5)nc(-c5ccccn5)n4)cc3)cc2)cc1. The van der Waals surface area contributed by atoms with Gasteiger partial charge in [-0.1, -0.05) is 66.7 Å². The average molecular weight is 646 g/mol. The van der Waals surface area contributed by atoms with E-state index in [-0.39, 0.29) is 0 Å². The van der Waals surface area contributed by atoms with Gasteiger partial charge in [0, 0.05) is 52.1 Å². The van der Waals surface area contributed by atoms with Gasteiger partial charge in [0.1, 0.15) is 11.4 Å². The fraction of sp³-hybridized carbons (Fsp3) is 0. The molecule has 0 N–H and O–H groups in total. The van der Waals surface area contributed by atoms with Crippen molar-refractivity contribution in [3.05, 3.63) is 188 Å². The van der Waals surface area contributed by atoms with E-state index in [9.17, 15) is 0 Å². The summed E-state index contributed by atoms with van der Waals surface area (Å²) in [5, 5.41) is 0. The summed E-state index contributed by atoms with van der Waals surface area (Å²) in [6.07, 6.45) is 3.47. The largest absolute Gasteiger partial charge is 0.311 e. The van der Waals surface area contributed by atoms with Gasteiger partial charge in [-0.2, -0.15) is 0 Å². The molecule has 0 radical (unpaired) electrons. The van der Waals surface area contributed by atoms with Gasteiger partial charge in [-0.25, -0.2) is 15.0 Å². The van der Waals surface area contributed by atoms with Gasteiger partial charge in [-0.05, 0) is 109 Å². The minimum absolute atomic E-state index is 0.492. The van der Waals surface area contributed by atoms with E-state index < -0.39 is 0 Å². The lowest BCUT2D eigenvalue weighted by molar-refractivity contribution is 1.05. The van der Waals surface area contributed by atoms with Gasteiger partial charge >= 0.3 is 0 Å². The molecule has 0 saturated carbocycles. The van der Waals surface area contributed by atoms with Crippen molar-refractivity contribution in [3.8, 4) is 34.4 Å². The number of nitrogens with zero attached hydrogens (tertiary/aromatic N) is 7. The molecule has 3 aromatic heterocycles. The Kier molecular flexibility index (Phi) is 8.51. The summed E-state index contributed by atoms with van der Waals surface area (Å²) in [7, 11) is 0. The predicted molar refractivity (Wildman–Crippen MR) is 201 cm³/mol. The molecule has 0 bridgehead atoms. The molecule has 0 fully saturated rings. The van der Waals surface area contributed by atoms with Crippen molar-refractivity contribution in [2.75, 3.05) is 9.80 Å². The summed E-state index contributed by atoms with van der Waals surface area (Å²) >= 11 is 0. The van der Waals surface area contributed by atoms with Crippen LogP contribution >= 0.6 is 0 Å². The first-order valence-electron chi connectivity index (χ1n) is 16.3. The molecule has 0 atom stereocenters. The van der Waals surface area contributed by atoms with Crippen LogP contribution in [-0.2, 0) is 0 Å². The lowest BCUT2D eigenvalue weighted by Crippen LogP contribution is -2.12. The molecular weight excluding hydrogens is 615 g/mol. The number of hydrogen-bond acceptors (Lipinski definition) is 7. The molecule has 0 aliphatic carbocycles. The fourth-order valence-electron chi connectivity index (χ4n) is 5.86. The Bertz CT molecular complexity index is 2190. The zero-order valence-corrected chi connectivity index (χ0v) is 27.0. The summed E-state index contributed by atoms with van der Waals surface area (Å²) in [4.78, 5) is 27.9. The lowest BCUT2D eigenvalue weighted by Gasteiger charge is -2.28. The molecule has 50 heavy (non-hydrogen) atoms. The molecule has 0 aliphatic rings. The zero-order valence-electron chi connectivity index (χ0n) is 27.0. The van der Waals surface area contributed by atoms with Crippen LogP contribution in [-0.4, -0.2) is 24.9 Å². The lowest BCUT2D eigenvalue weighted by atomic mass is 10.1. The molecule has 0 saturated heterocycles. The van der Waals surface area contributed by atoms with E-state index in [1.807, 2.05) is 66.7 Å². The molecule has 0 aliphatic heterocycles. The third-order valence-electron chi connectivity index (χ3n) is 8.22. The third kappa shape index (κ3) is 6.43. The van der Waals surface area contributed by atoms with Crippen molar-refractivity contribution >= 4 is 34.1 Å². The molecular formula is C43H31N7. The van der Waals surface area contributed by atoms with Crippen molar-refractivity contribution in [1.29, 1.82) is 0 Å². The molecule has 7 heteroatoms. The molecule has 8 rings (SSSR count). The highest BCUT2D eigenvalue weighted by Gasteiger charge is 2.17. The van der Waals surface area contributed by atoms with Crippen molar-refractivity contribution in [3.63, 3.8) is 0 Å². The zero-order chi connectivity index (χ0) is 33.5. The van der Waals surface area contributed by atoms with Gasteiger partial charge in [0.05, 0.1) is 0 Å². The highest BCUT2D eigenvalue weighted by molar-refractivity contribution is 5.81. The van der Waals surface area contributed by atoms with Crippen LogP contribution in [0, 0.1) is 0 Å². The molecule has 0 amide bonds. The van der Waals surface area contributed by atoms with Crippen LogP contribution in [0.5, 0.6) is 0 Å². The van der Waals surface area contributed by atoms with E-state index in [0.717, 1.165) is 39.7 Å². The minimum atomic E-state index is 0.492. The van der Waals surface area contributed by atoms with E-state index in [4.69, 9.17) is 15.0 Å². The Hall–Kier alpha value is -6.99. The maximum absolute atomic E-state index is 4.84. The number of benzene rings is 5. The molecule has 0 unspecified atom stereocenters. The first-order chi connectivity index (χ1) is 24.8. The maximum atomic E-state index is 4.84. The summed E-state index contributed by atoms with van der Waals surface area (Å²) < 4.78 is 0. The number of aromatic nitrogens is 5. The Morgan fingerprint density at radius 1 is 0.280 bits per heavy atom. The van der Waals surface area contributed by atoms with E-state index >= 15 is 0 Å². The van der Waals surface area contributed by atoms with E-state index in [2.05, 4.69) is 129 Å². The Balaban J connectivity index is 1.17. The second-order valence-corrected chi connectivity index (χ2v) is 11.5. The van der Waals surface area contributed by atoms with Crippen LogP contribution in [0.1, 0.15) is 0 Å². The third-order valence-corrected chi connectivity index (χ3v) is 8.22. The highest BCUT2D eigenvalue weighted by Crippen LogP contribution is 2.39. The van der Waals surface area contributed by atoms with Crippen LogP contribution in [0.25, 0.3) is 34.4 Å². The molecule has 5 aromatic carbocycles. The van der Waals surface area contributed by atoms with Gasteiger partial charge in [0.2, 0.25) is 0 Å². The Morgan fingerprint density at radius 3 is 0.960 bits per heavy atom. The Morgan fingerprint density at radius 2 is 0.600 bits per heavy atom. The van der Waals surface area contributed by atoms with Gasteiger partial charge in [0.15, 0.2) is 17.5 Å². The first-order valence-corrected chi connectivity index (χ1v) is 16.3. The van der Waals surface area contributed by atoms with E-state index in [1.54, 1.807) is 12.4 Å². The van der Waals surface area contributed by atoms with Gasteiger partial charge in [0.25, 0.3) is 0 Å². The number of pyridine rings is 2. The maximum Gasteiger partial charge on any atom is 0.182 e. The second kappa shape index (κ2) is 14.0. The predicted octanol–water partition coefficient (Wildman–Crippen LogP) is 10.6. The van der Waals surface area contributed by atoms with Crippen LogP contribution < -0.4 is 9.80 Å². The quantitative estimate of drug-likeness (QED) is 0.155. The van der Waals surface area contributed by atoms with Crippen LogP contribution in [0.15, 0.2) is 188 Å². The van der Waals surface area contributed by atoms with E-state index in [1.165, 1.54) is 0 Å². The Labute approximate surface area is 290 Å². The smallest absolute Gasteiger partial charge is 0.182 e. The van der Waals surface area contributed by atoms with Crippen LogP contribution in [0.3, 0.4) is 0 Å². The standard InChI is InChI=1S/C43H31N7/c1-4-14-33(15-5-1)49(34-16-6-2-7-17-34)37-26-28-38(29-27-37)50(35-18-8-3-9-19-35)36-24-22-32(23-25-36)41-46-42(39-20-10-12-30-44-39)48-43(47-41)40-21-11-13-31-45-40/h1-31H. The van der Waals surface area contributed by atoms with Crippen molar-refractivity contribution in [2.45, 2.75) is 0 Å². The second-order valence-electron chi connectivity index (χ2n) is 11.5. The molecule has 0 spiro atoms. The van der Waals surface area contributed by atoms with Gasteiger partial charge in [-0.3, -0.25) is 9.97 Å². The highest BCUT2D eigenvalue weighted by atomic mass is 15.2. The molecule has 3 heterocycles. The minimum Gasteiger partial charge on any atom is -0.311 e. The number of rotatable bonds is 9. The molecule has 7 nitrogen and oxygen atoms in total. The number of hydrogen-bond donors (Lipinski definition) is 0. The fourth-order valence-corrected chi connectivity index (χ4v) is 5.86. The summed E-state index contributed by atoms with van der Waals surface area (Å²) in [6.45, 7) is 0. The average Bonchev–Trinajstić information content (AvgIpc) is 3.21. The molecule has 238 valence electrons. The molecule has 8 aromatic rings. The van der Waals surface area contributed by atoms with Crippen LogP contribution in [0.4, 0.5) is 34.1 Å². The first kappa shape index (κ1) is 30.4. The van der Waals surface area contributed by atoms with Crippen molar-refractivity contribution in [2.24, 2.45) is 0 Å². The number of para-hydroxylation sites is 3. The summed E-state index contributed by atoms with van der Waals surface area (Å²) in [6, 6.07) is 59.6. The topological polar surface area (TPSA) is 70.9 Å². The number of anilines is 6. The van der Waals surface area contributed by atoms with Gasteiger partial charge < -0.3 is 9.80 Å². The van der Waals surface area contributed by atoms with Crippen LogP contribution in [0.2, 0.25) is 0 Å². The van der Waals surface area contributed by atoms with E-state index in [0.29, 0.717) is 28.9 Å².